The number of hydrogen-bond donors (Lipinski definition) is 0. The minimum absolute atomic E-state index is 0.00301. The van der Waals surface area contributed by atoms with E-state index >= 15 is 0 Å². The maximum absolute atomic E-state index is 11.7. The summed E-state index contributed by atoms with van der Waals surface area (Å²) in [6.45, 7) is 3.12. The molecule has 1 fully saturated rings. The highest BCUT2D eigenvalue weighted by atomic mass is 16.3. The van der Waals surface area contributed by atoms with Gasteiger partial charge in [-0.15, -0.1) is 0 Å². The second-order valence-electron chi connectivity index (χ2n) is 6.70. The summed E-state index contributed by atoms with van der Waals surface area (Å²) in [4.78, 5) is 18.6. The summed E-state index contributed by atoms with van der Waals surface area (Å²) >= 11 is 0. The van der Waals surface area contributed by atoms with Crippen molar-refractivity contribution in [3.05, 3.63) is 59.5 Å². The van der Waals surface area contributed by atoms with Gasteiger partial charge in [0.1, 0.15) is 11.6 Å². The van der Waals surface area contributed by atoms with Crippen LogP contribution >= 0.6 is 0 Å². The maximum Gasteiger partial charge on any atom is 0.200 e. The van der Waals surface area contributed by atoms with Crippen molar-refractivity contribution in [1.82, 2.24) is 4.98 Å². The molecule has 0 amide bonds. The van der Waals surface area contributed by atoms with Crippen molar-refractivity contribution in [3.63, 3.8) is 0 Å². The van der Waals surface area contributed by atoms with E-state index in [4.69, 9.17) is 4.42 Å². The number of nitrogens with zero attached hydrogens (tertiary/aromatic N) is 3. The Morgan fingerprint density at radius 3 is 2.92 bits per heavy atom. The molecule has 3 aromatic rings. The average Bonchev–Trinajstić information content (AvgIpc) is 3.12. The van der Waals surface area contributed by atoms with Crippen LogP contribution in [0.5, 0.6) is 0 Å². The Kier molecular flexibility index (Phi) is 4.18. The standard InChI is InChI=1S/C21H19N3O2/c1-14(25)15-8-9-16(12-22)19(11-15)24-10-4-5-17(13-24)21-23-18-6-2-3-7-20(18)26-21/h2-3,6-9,11,17H,4-5,10,13H2,1H3. The number of hydrogen-bond acceptors (Lipinski definition) is 5. The van der Waals surface area contributed by atoms with Gasteiger partial charge in [0.05, 0.1) is 17.2 Å². The number of carbonyl (C=O) groups excluding carboxylic acids is 1. The monoisotopic (exact) mass is 345 g/mol. The van der Waals surface area contributed by atoms with E-state index in [-0.39, 0.29) is 11.7 Å². The third kappa shape index (κ3) is 2.95. The smallest absolute Gasteiger partial charge is 0.200 e. The summed E-state index contributed by atoms with van der Waals surface area (Å²) in [5.74, 6) is 0.920. The second kappa shape index (κ2) is 6.64. The van der Waals surface area contributed by atoms with Crippen molar-refractivity contribution in [3.8, 4) is 6.07 Å². The topological polar surface area (TPSA) is 70.1 Å². The number of fused-ring (bicyclic) bond motifs is 1. The molecule has 0 bridgehead atoms. The lowest BCUT2D eigenvalue weighted by Gasteiger charge is -2.33. The minimum Gasteiger partial charge on any atom is -0.440 e. The quantitative estimate of drug-likeness (QED) is 0.662. The zero-order chi connectivity index (χ0) is 18.1. The van der Waals surface area contributed by atoms with Crippen LogP contribution in [-0.4, -0.2) is 23.9 Å². The molecule has 0 aliphatic carbocycles. The molecule has 0 N–H and O–H groups in total. The fourth-order valence-electron chi connectivity index (χ4n) is 3.57. The van der Waals surface area contributed by atoms with Crippen LogP contribution in [0.15, 0.2) is 46.9 Å². The Morgan fingerprint density at radius 2 is 2.15 bits per heavy atom. The Hall–Kier alpha value is -3.13. The Morgan fingerprint density at radius 1 is 1.31 bits per heavy atom. The highest BCUT2D eigenvalue weighted by molar-refractivity contribution is 5.95. The first-order valence-electron chi connectivity index (χ1n) is 8.81. The van der Waals surface area contributed by atoms with Gasteiger partial charge in [0.15, 0.2) is 17.3 Å². The maximum atomic E-state index is 11.7. The van der Waals surface area contributed by atoms with Gasteiger partial charge < -0.3 is 9.32 Å². The first-order valence-corrected chi connectivity index (χ1v) is 8.81. The molecule has 0 spiro atoms. The summed E-state index contributed by atoms with van der Waals surface area (Å²) in [6, 6.07) is 15.3. The summed E-state index contributed by atoms with van der Waals surface area (Å²) in [5, 5.41) is 9.46. The van der Waals surface area contributed by atoms with Gasteiger partial charge in [-0.3, -0.25) is 4.79 Å². The van der Waals surface area contributed by atoms with Gasteiger partial charge in [0, 0.05) is 18.7 Å². The number of aromatic nitrogens is 1. The van der Waals surface area contributed by atoms with E-state index in [1.165, 1.54) is 0 Å². The number of benzene rings is 2. The molecule has 2 heterocycles. The number of nitriles is 1. The Labute approximate surface area is 151 Å². The molecule has 1 saturated heterocycles. The van der Waals surface area contributed by atoms with Gasteiger partial charge in [0.25, 0.3) is 0 Å². The van der Waals surface area contributed by atoms with E-state index in [1.807, 2.05) is 30.3 Å². The van der Waals surface area contributed by atoms with Crippen LogP contribution in [0.1, 0.15) is 47.5 Å². The van der Waals surface area contributed by atoms with Crippen molar-refractivity contribution in [2.75, 3.05) is 18.0 Å². The molecule has 1 atom stereocenters. The van der Waals surface area contributed by atoms with Gasteiger partial charge in [-0.25, -0.2) is 4.98 Å². The Balaban J connectivity index is 1.65. The van der Waals surface area contributed by atoms with Crippen molar-refractivity contribution in [1.29, 1.82) is 5.26 Å². The molecular weight excluding hydrogens is 326 g/mol. The molecule has 5 nitrogen and oxygen atoms in total. The molecule has 1 aliphatic heterocycles. The molecule has 130 valence electrons. The molecule has 4 rings (SSSR count). The molecule has 2 aromatic carbocycles. The summed E-state index contributed by atoms with van der Waals surface area (Å²) in [7, 11) is 0. The van der Waals surface area contributed by atoms with Gasteiger partial charge in [-0.1, -0.05) is 12.1 Å². The first kappa shape index (κ1) is 16.3. The summed E-state index contributed by atoms with van der Waals surface area (Å²) < 4.78 is 5.95. The molecule has 5 heteroatoms. The van der Waals surface area contributed by atoms with Crippen molar-refractivity contribution >= 4 is 22.6 Å². The van der Waals surface area contributed by atoms with Crippen LogP contribution in [0.2, 0.25) is 0 Å². The van der Waals surface area contributed by atoms with Crippen molar-refractivity contribution < 1.29 is 9.21 Å². The highest BCUT2D eigenvalue weighted by Gasteiger charge is 2.27. The number of oxazole rings is 1. The average molecular weight is 345 g/mol. The second-order valence-corrected chi connectivity index (χ2v) is 6.70. The van der Waals surface area contributed by atoms with Crippen LogP contribution in [0.4, 0.5) is 5.69 Å². The SMILES string of the molecule is CC(=O)c1ccc(C#N)c(N2CCCC(c3nc4ccccc4o3)C2)c1. The molecule has 1 aromatic heterocycles. The molecule has 0 radical (unpaired) electrons. The number of piperidine rings is 1. The van der Waals surface area contributed by atoms with E-state index in [0.29, 0.717) is 11.1 Å². The van der Waals surface area contributed by atoms with Crippen LogP contribution < -0.4 is 4.90 Å². The van der Waals surface area contributed by atoms with E-state index < -0.39 is 0 Å². The van der Waals surface area contributed by atoms with E-state index in [9.17, 15) is 10.1 Å². The van der Waals surface area contributed by atoms with Gasteiger partial charge in [-0.2, -0.15) is 5.26 Å². The fraction of sp³-hybridized carbons (Fsp3) is 0.286. The van der Waals surface area contributed by atoms with Crippen LogP contribution in [0.25, 0.3) is 11.1 Å². The molecular formula is C21H19N3O2. The van der Waals surface area contributed by atoms with E-state index in [1.54, 1.807) is 19.1 Å². The van der Waals surface area contributed by atoms with Crippen molar-refractivity contribution in [2.45, 2.75) is 25.7 Å². The van der Waals surface area contributed by atoms with Crippen molar-refractivity contribution in [2.24, 2.45) is 0 Å². The largest absolute Gasteiger partial charge is 0.440 e. The van der Waals surface area contributed by atoms with E-state index in [0.717, 1.165) is 48.6 Å². The zero-order valence-electron chi connectivity index (χ0n) is 14.6. The lowest BCUT2D eigenvalue weighted by Crippen LogP contribution is -2.35. The zero-order valence-corrected chi connectivity index (χ0v) is 14.6. The number of Topliss-reactive ketones (excluding diaryl/α,β-unsaturated/α-hetero) is 1. The third-order valence-corrected chi connectivity index (χ3v) is 4.95. The number of anilines is 1. The highest BCUT2D eigenvalue weighted by Crippen LogP contribution is 2.33. The lowest BCUT2D eigenvalue weighted by molar-refractivity contribution is 0.101. The molecule has 0 saturated carbocycles. The first-order chi connectivity index (χ1) is 12.7. The third-order valence-electron chi connectivity index (χ3n) is 4.95. The number of carbonyl (C=O) groups is 1. The normalized spacial score (nSPS) is 17.2. The fourth-order valence-corrected chi connectivity index (χ4v) is 3.57. The molecule has 26 heavy (non-hydrogen) atoms. The van der Waals surface area contributed by atoms with E-state index in [2.05, 4.69) is 16.0 Å². The van der Waals surface area contributed by atoms with Crippen LogP contribution in [0.3, 0.4) is 0 Å². The molecule has 1 aliphatic rings. The number of para-hydroxylation sites is 2. The minimum atomic E-state index is 0.00301. The van der Waals surface area contributed by atoms with Gasteiger partial charge in [0.2, 0.25) is 0 Å². The van der Waals surface area contributed by atoms with Crippen LogP contribution in [0, 0.1) is 11.3 Å². The summed E-state index contributed by atoms with van der Waals surface area (Å²) in [6.07, 6.45) is 1.98. The predicted octanol–water partition coefficient (Wildman–Crippen LogP) is 4.29. The van der Waals surface area contributed by atoms with Gasteiger partial charge in [-0.05, 0) is 50.1 Å². The summed E-state index contributed by atoms with van der Waals surface area (Å²) in [5.41, 5.74) is 3.71. The predicted molar refractivity (Wildman–Crippen MR) is 99.4 cm³/mol. The van der Waals surface area contributed by atoms with Gasteiger partial charge >= 0.3 is 0 Å². The lowest BCUT2D eigenvalue weighted by atomic mass is 9.96. The number of rotatable bonds is 3. The Bertz CT molecular complexity index is 983. The number of ketones is 1. The molecule has 1 unspecified atom stereocenters. The van der Waals surface area contributed by atoms with Crippen LogP contribution in [-0.2, 0) is 0 Å².